The molecule has 1 fully saturated rings. The summed E-state index contributed by atoms with van der Waals surface area (Å²) in [5, 5.41) is 4.38. The number of halogens is 1. The van der Waals surface area contributed by atoms with Gasteiger partial charge in [-0.3, -0.25) is 0 Å². The van der Waals surface area contributed by atoms with Gasteiger partial charge in [0.25, 0.3) is 0 Å². The Kier molecular flexibility index (Phi) is 4.73. The van der Waals surface area contributed by atoms with Gasteiger partial charge in [-0.15, -0.1) is 0 Å². The van der Waals surface area contributed by atoms with Gasteiger partial charge in [0.05, 0.1) is 0 Å². The van der Waals surface area contributed by atoms with Gasteiger partial charge in [0.2, 0.25) is 0 Å². The van der Waals surface area contributed by atoms with Crippen molar-refractivity contribution >= 4 is 17.3 Å². The molecule has 0 atom stereocenters. The molecule has 1 N–H and O–H groups in total. The standard InChI is InChI=1S/C15H22ClN/c1-12-8-9-14(10-15(12)16)17-11-13-6-4-2-3-5-7-13/h8-10,13,17H,2-7,11H2,1H3. The lowest BCUT2D eigenvalue weighted by Crippen LogP contribution is -2.13. The van der Waals surface area contributed by atoms with Crippen LogP contribution in [-0.4, -0.2) is 6.54 Å². The summed E-state index contributed by atoms with van der Waals surface area (Å²) in [6, 6.07) is 6.24. The number of hydrogen-bond donors (Lipinski definition) is 1. The minimum Gasteiger partial charge on any atom is -0.385 e. The van der Waals surface area contributed by atoms with E-state index in [1.807, 2.05) is 13.0 Å². The van der Waals surface area contributed by atoms with Crippen LogP contribution in [0.5, 0.6) is 0 Å². The first kappa shape index (κ1) is 12.8. The Balaban J connectivity index is 1.85. The molecule has 0 saturated heterocycles. The van der Waals surface area contributed by atoms with Gasteiger partial charge in [-0.25, -0.2) is 0 Å². The summed E-state index contributed by atoms with van der Waals surface area (Å²) < 4.78 is 0. The van der Waals surface area contributed by atoms with Gasteiger partial charge in [-0.05, 0) is 43.4 Å². The molecule has 0 unspecified atom stereocenters. The first-order valence-corrected chi connectivity index (χ1v) is 7.13. The molecule has 0 bridgehead atoms. The van der Waals surface area contributed by atoms with Crippen LogP contribution in [-0.2, 0) is 0 Å². The van der Waals surface area contributed by atoms with E-state index in [-0.39, 0.29) is 0 Å². The summed E-state index contributed by atoms with van der Waals surface area (Å²) in [4.78, 5) is 0. The van der Waals surface area contributed by atoms with E-state index in [4.69, 9.17) is 11.6 Å². The van der Waals surface area contributed by atoms with Gasteiger partial charge < -0.3 is 5.32 Å². The predicted octanol–water partition coefficient (Wildman–Crippen LogP) is 5.03. The van der Waals surface area contributed by atoms with Crippen LogP contribution < -0.4 is 5.32 Å². The Morgan fingerprint density at radius 2 is 1.88 bits per heavy atom. The highest BCUT2D eigenvalue weighted by atomic mass is 35.5. The molecular weight excluding hydrogens is 230 g/mol. The number of benzene rings is 1. The fourth-order valence-electron chi connectivity index (χ4n) is 2.53. The molecule has 0 aromatic heterocycles. The van der Waals surface area contributed by atoms with Gasteiger partial charge in [0.1, 0.15) is 0 Å². The van der Waals surface area contributed by atoms with E-state index in [1.165, 1.54) is 38.5 Å². The zero-order chi connectivity index (χ0) is 12.1. The molecule has 0 amide bonds. The molecule has 1 aromatic carbocycles. The van der Waals surface area contributed by atoms with Crippen molar-refractivity contribution in [1.82, 2.24) is 0 Å². The Bertz CT molecular complexity index is 354. The van der Waals surface area contributed by atoms with Crippen molar-refractivity contribution in [2.24, 2.45) is 5.92 Å². The molecule has 1 nitrogen and oxygen atoms in total. The normalized spacial score (nSPS) is 17.8. The summed E-state index contributed by atoms with van der Waals surface area (Å²) in [6.07, 6.45) is 8.42. The zero-order valence-electron chi connectivity index (χ0n) is 10.6. The second-order valence-corrected chi connectivity index (χ2v) is 5.61. The molecule has 1 aromatic rings. The summed E-state index contributed by atoms with van der Waals surface area (Å²) >= 11 is 6.12. The predicted molar refractivity (Wildman–Crippen MR) is 75.9 cm³/mol. The van der Waals surface area contributed by atoms with Crippen LogP contribution in [0.1, 0.15) is 44.1 Å². The highest BCUT2D eigenvalue weighted by molar-refractivity contribution is 6.31. The fraction of sp³-hybridized carbons (Fsp3) is 0.600. The van der Waals surface area contributed by atoms with Crippen molar-refractivity contribution in [2.75, 3.05) is 11.9 Å². The SMILES string of the molecule is Cc1ccc(NCC2CCCCCC2)cc1Cl. The van der Waals surface area contributed by atoms with E-state index in [0.717, 1.165) is 28.7 Å². The Morgan fingerprint density at radius 1 is 1.18 bits per heavy atom. The van der Waals surface area contributed by atoms with Crippen molar-refractivity contribution in [3.05, 3.63) is 28.8 Å². The van der Waals surface area contributed by atoms with Crippen molar-refractivity contribution in [3.8, 4) is 0 Å². The van der Waals surface area contributed by atoms with Gasteiger partial charge in [-0.2, -0.15) is 0 Å². The van der Waals surface area contributed by atoms with Gasteiger partial charge >= 0.3 is 0 Å². The highest BCUT2D eigenvalue weighted by Gasteiger charge is 2.11. The number of aryl methyl sites for hydroxylation is 1. The van der Waals surface area contributed by atoms with Gasteiger partial charge in [0, 0.05) is 17.3 Å². The summed E-state index contributed by atoms with van der Waals surface area (Å²) in [7, 11) is 0. The van der Waals surface area contributed by atoms with Crippen LogP contribution in [0.25, 0.3) is 0 Å². The molecule has 1 aliphatic rings. The van der Waals surface area contributed by atoms with E-state index in [1.54, 1.807) is 0 Å². The zero-order valence-corrected chi connectivity index (χ0v) is 11.4. The van der Waals surface area contributed by atoms with E-state index >= 15 is 0 Å². The quantitative estimate of drug-likeness (QED) is 0.743. The monoisotopic (exact) mass is 251 g/mol. The smallest absolute Gasteiger partial charge is 0.0455 e. The maximum Gasteiger partial charge on any atom is 0.0455 e. The Labute approximate surface area is 110 Å². The van der Waals surface area contributed by atoms with E-state index in [2.05, 4.69) is 17.4 Å². The lowest BCUT2D eigenvalue weighted by molar-refractivity contribution is 0.483. The van der Waals surface area contributed by atoms with Crippen molar-refractivity contribution in [2.45, 2.75) is 45.4 Å². The molecule has 0 aliphatic heterocycles. The maximum atomic E-state index is 6.12. The molecule has 2 rings (SSSR count). The number of hydrogen-bond acceptors (Lipinski definition) is 1. The summed E-state index contributed by atoms with van der Waals surface area (Å²) in [5.74, 6) is 0.845. The number of nitrogens with one attached hydrogen (secondary N) is 1. The molecule has 2 heteroatoms. The molecule has 17 heavy (non-hydrogen) atoms. The van der Waals surface area contributed by atoms with Crippen LogP contribution in [0.2, 0.25) is 5.02 Å². The summed E-state index contributed by atoms with van der Waals surface area (Å²) in [5.41, 5.74) is 2.30. The van der Waals surface area contributed by atoms with Crippen LogP contribution >= 0.6 is 11.6 Å². The topological polar surface area (TPSA) is 12.0 Å². The largest absolute Gasteiger partial charge is 0.385 e. The van der Waals surface area contributed by atoms with Gasteiger partial charge in [0.15, 0.2) is 0 Å². The molecule has 0 radical (unpaired) electrons. The van der Waals surface area contributed by atoms with E-state index < -0.39 is 0 Å². The molecule has 94 valence electrons. The minimum absolute atomic E-state index is 0.845. The second kappa shape index (κ2) is 6.30. The number of rotatable bonds is 3. The van der Waals surface area contributed by atoms with Crippen LogP contribution in [0.3, 0.4) is 0 Å². The molecule has 0 heterocycles. The number of anilines is 1. The first-order valence-electron chi connectivity index (χ1n) is 6.76. The van der Waals surface area contributed by atoms with Crippen LogP contribution in [0.15, 0.2) is 18.2 Å². The Hall–Kier alpha value is -0.690. The molecular formula is C15H22ClN. The third-order valence-electron chi connectivity index (χ3n) is 3.74. The molecule has 0 spiro atoms. The third kappa shape index (κ3) is 3.92. The highest BCUT2D eigenvalue weighted by Crippen LogP contribution is 2.24. The van der Waals surface area contributed by atoms with Crippen molar-refractivity contribution in [3.63, 3.8) is 0 Å². The van der Waals surface area contributed by atoms with E-state index in [9.17, 15) is 0 Å². The first-order chi connectivity index (χ1) is 8.25. The van der Waals surface area contributed by atoms with Gasteiger partial charge in [-0.1, -0.05) is 43.4 Å². The maximum absolute atomic E-state index is 6.12. The lowest BCUT2D eigenvalue weighted by atomic mass is 10.0. The van der Waals surface area contributed by atoms with Crippen molar-refractivity contribution < 1.29 is 0 Å². The van der Waals surface area contributed by atoms with Crippen LogP contribution in [0, 0.1) is 12.8 Å². The molecule has 1 aliphatic carbocycles. The fourth-order valence-corrected chi connectivity index (χ4v) is 2.71. The average Bonchev–Trinajstić information content (AvgIpc) is 2.59. The van der Waals surface area contributed by atoms with E-state index in [0.29, 0.717) is 0 Å². The lowest BCUT2D eigenvalue weighted by Gasteiger charge is -2.16. The summed E-state index contributed by atoms with van der Waals surface area (Å²) in [6.45, 7) is 3.14. The average molecular weight is 252 g/mol. The minimum atomic E-state index is 0.845. The van der Waals surface area contributed by atoms with Crippen molar-refractivity contribution in [1.29, 1.82) is 0 Å². The molecule has 1 saturated carbocycles. The Morgan fingerprint density at radius 3 is 2.53 bits per heavy atom. The van der Waals surface area contributed by atoms with Crippen LogP contribution in [0.4, 0.5) is 5.69 Å². The third-order valence-corrected chi connectivity index (χ3v) is 4.15. The second-order valence-electron chi connectivity index (χ2n) is 5.20.